The zero-order chi connectivity index (χ0) is 18.4. The highest BCUT2D eigenvalue weighted by Crippen LogP contribution is 2.32. The summed E-state index contributed by atoms with van der Waals surface area (Å²) in [6, 6.07) is 4.77. The standard InChI is InChI=1S/C17H28N2O5S/c1-18(2)9-10-19(14-7-11-24-12-8-14)25(20,21)17-13-15(22-3)5-6-16(17)23-4/h5-6,13-14H,7-12H2,1-4H3. The summed E-state index contributed by atoms with van der Waals surface area (Å²) in [4.78, 5) is 2.12. The molecule has 0 spiro atoms. The molecule has 1 saturated heterocycles. The molecular formula is C17H28N2O5S. The summed E-state index contributed by atoms with van der Waals surface area (Å²) in [6.45, 7) is 2.21. The van der Waals surface area contributed by atoms with Crippen LogP contribution in [-0.4, -0.2) is 78.3 Å². The minimum absolute atomic E-state index is 0.0744. The Kier molecular flexibility index (Phi) is 7.06. The van der Waals surface area contributed by atoms with Gasteiger partial charge in [0.05, 0.1) is 14.2 Å². The maximum atomic E-state index is 13.4. The van der Waals surface area contributed by atoms with Gasteiger partial charge in [-0.3, -0.25) is 0 Å². The Morgan fingerprint density at radius 3 is 2.36 bits per heavy atom. The lowest BCUT2D eigenvalue weighted by Crippen LogP contribution is -2.46. The largest absolute Gasteiger partial charge is 0.497 e. The van der Waals surface area contributed by atoms with Crippen LogP contribution in [0.5, 0.6) is 11.5 Å². The maximum absolute atomic E-state index is 13.4. The number of sulfonamides is 1. The zero-order valence-corrected chi connectivity index (χ0v) is 16.2. The van der Waals surface area contributed by atoms with Gasteiger partial charge in [0.1, 0.15) is 16.4 Å². The van der Waals surface area contributed by atoms with E-state index in [9.17, 15) is 8.42 Å². The molecule has 0 N–H and O–H groups in total. The number of nitrogens with zero attached hydrogens (tertiary/aromatic N) is 2. The van der Waals surface area contributed by atoms with Gasteiger partial charge in [0.25, 0.3) is 0 Å². The first-order valence-electron chi connectivity index (χ1n) is 8.36. The zero-order valence-electron chi connectivity index (χ0n) is 15.4. The van der Waals surface area contributed by atoms with E-state index in [1.165, 1.54) is 20.3 Å². The second-order valence-electron chi connectivity index (χ2n) is 6.28. The Bertz CT molecular complexity index is 657. The van der Waals surface area contributed by atoms with Crippen molar-refractivity contribution in [1.29, 1.82) is 0 Å². The van der Waals surface area contributed by atoms with Gasteiger partial charge in [-0.05, 0) is 39.1 Å². The van der Waals surface area contributed by atoms with E-state index >= 15 is 0 Å². The Balaban J connectivity index is 2.42. The monoisotopic (exact) mass is 372 g/mol. The van der Waals surface area contributed by atoms with E-state index in [-0.39, 0.29) is 10.9 Å². The number of hydrogen-bond donors (Lipinski definition) is 0. The van der Waals surface area contributed by atoms with Crippen LogP contribution in [0, 0.1) is 0 Å². The Labute approximate surface area is 150 Å². The van der Waals surface area contributed by atoms with Gasteiger partial charge < -0.3 is 19.1 Å². The third-order valence-electron chi connectivity index (χ3n) is 4.32. The van der Waals surface area contributed by atoms with E-state index in [0.717, 1.165) is 0 Å². The number of rotatable bonds is 8. The van der Waals surface area contributed by atoms with Crippen LogP contribution >= 0.6 is 0 Å². The molecule has 0 bridgehead atoms. The van der Waals surface area contributed by atoms with Crippen molar-refractivity contribution in [1.82, 2.24) is 9.21 Å². The first kappa shape index (κ1) is 20.0. The van der Waals surface area contributed by atoms with E-state index in [0.29, 0.717) is 50.6 Å². The van der Waals surface area contributed by atoms with Crippen molar-refractivity contribution >= 4 is 10.0 Å². The molecule has 1 aliphatic rings. The lowest BCUT2D eigenvalue weighted by Gasteiger charge is -2.34. The van der Waals surface area contributed by atoms with Gasteiger partial charge in [-0.15, -0.1) is 0 Å². The Morgan fingerprint density at radius 1 is 1.12 bits per heavy atom. The van der Waals surface area contributed by atoms with Crippen molar-refractivity contribution in [2.75, 3.05) is 54.6 Å². The summed E-state index contributed by atoms with van der Waals surface area (Å²) in [5.41, 5.74) is 0. The number of hydrogen-bond acceptors (Lipinski definition) is 6. The molecule has 0 aromatic heterocycles. The summed E-state index contributed by atoms with van der Waals surface area (Å²) in [7, 11) is 3.12. The van der Waals surface area contributed by atoms with Crippen LogP contribution in [0.25, 0.3) is 0 Å². The molecule has 142 valence electrons. The van der Waals surface area contributed by atoms with E-state index in [1.807, 2.05) is 19.0 Å². The average molecular weight is 372 g/mol. The van der Waals surface area contributed by atoms with Gasteiger partial charge in [-0.2, -0.15) is 4.31 Å². The molecule has 1 aromatic rings. The lowest BCUT2D eigenvalue weighted by molar-refractivity contribution is 0.0572. The van der Waals surface area contributed by atoms with Crippen molar-refractivity contribution in [3.63, 3.8) is 0 Å². The van der Waals surface area contributed by atoms with Gasteiger partial charge in [-0.1, -0.05) is 0 Å². The molecule has 0 atom stereocenters. The minimum Gasteiger partial charge on any atom is -0.497 e. The van der Waals surface area contributed by atoms with Crippen LogP contribution in [-0.2, 0) is 14.8 Å². The van der Waals surface area contributed by atoms with Gasteiger partial charge in [0.15, 0.2) is 0 Å². The third-order valence-corrected chi connectivity index (χ3v) is 6.30. The molecule has 1 fully saturated rings. The Hall–Kier alpha value is -1.35. The second kappa shape index (κ2) is 8.84. The molecule has 1 heterocycles. The molecule has 0 saturated carbocycles. The van der Waals surface area contributed by atoms with Crippen molar-refractivity contribution in [3.05, 3.63) is 18.2 Å². The van der Waals surface area contributed by atoms with Crippen LogP contribution in [0.4, 0.5) is 0 Å². The second-order valence-corrected chi connectivity index (χ2v) is 8.14. The quantitative estimate of drug-likeness (QED) is 0.688. The number of methoxy groups -OCH3 is 2. The van der Waals surface area contributed by atoms with Crippen LogP contribution in [0.2, 0.25) is 0 Å². The van der Waals surface area contributed by atoms with Crippen LogP contribution in [0.1, 0.15) is 12.8 Å². The molecule has 0 radical (unpaired) electrons. The fourth-order valence-corrected chi connectivity index (χ4v) is 4.73. The van der Waals surface area contributed by atoms with Gasteiger partial charge in [0, 0.05) is 38.4 Å². The van der Waals surface area contributed by atoms with Crippen molar-refractivity contribution in [2.24, 2.45) is 0 Å². The molecular weight excluding hydrogens is 344 g/mol. The number of benzene rings is 1. The summed E-state index contributed by atoms with van der Waals surface area (Å²) >= 11 is 0. The van der Waals surface area contributed by atoms with Crippen molar-refractivity contribution in [3.8, 4) is 11.5 Å². The normalized spacial score (nSPS) is 16.4. The van der Waals surface area contributed by atoms with Crippen LogP contribution < -0.4 is 9.47 Å². The van der Waals surface area contributed by atoms with E-state index in [1.54, 1.807) is 16.4 Å². The highest BCUT2D eigenvalue weighted by molar-refractivity contribution is 7.89. The van der Waals surface area contributed by atoms with E-state index in [2.05, 4.69) is 0 Å². The minimum atomic E-state index is -3.73. The fourth-order valence-electron chi connectivity index (χ4n) is 2.88. The summed E-state index contributed by atoms with van der Waals surface area (Å²) in [5.74, 6) is 0.807. The molecule has 8 heteroatoms. The molecule has 1 aliphatic heterocycles. The lowest BCUT2D eigenvalue weighted by atomic mass is 10.1. The molecule has 0 aliphatic carbocycles. The van der Waals surface area contributed by atoms with Crippen molar-refractivity contribution < 1.29 is 22.6 Å². The van der Waals surface area contributed by atoms with Gasteiger partial charge in [-0.25, -0.2) is 8.42 Å². The molecule has 0 unspecified atom stereocenters. The summed E-state index contributed by atoms with van der Waals surface area (Å²) in [6.07, 6.45) is 1.39. The summed E-state index contributed by atoms with van der Waals surface area (Å²) in [5, 5.41) is 0. The molecule has 2 rings (SSSR count). The first-order chi connectivity index (χ1) is 11.9. The molecule has 1 aromatic carbocycles. The molecule has 7 nitrogen and oxygen atoms in total. The number of likely N-dealkylation sites (N-methyl/N-ethyl adjacent to an activating group) is 1. The predicted molar refractivity (Wildman–Crippen MR) is 95.8 cm³/mol. The fraction of sp³-hybridized carbons (Fsp3) is 0.647. The van der Waals surface area contributed by atoms with Crippen molar-refractivity contribution in [2.45, 2.75) is 23.8 Å². The molecule has 0 amide bonds. The van der Waals surface area contributed by atoms with Gasteiger partial charge >= 0.3 is 0 Å². The highest BCUT2D eigenvalue weighted by atomic mass is 32.2. The number of ether oxygens (including phenoxy) is 3. The predicted octanol–water partition coefficient (Wildman–Crippen LogP) is 1.44. The highest BCUT2D eigenvalue weighted by Gasteiger charge is 2.34. The first-order valence-corrected chi connectivity index (χ1v) is 9.80. The van der Waals surface area contributed by atoms with Crippen LogP contribution in [0.15, 0.2) is 23.1 Å². The summed E-state index contributed by atoms with van der Waals surface area (Å²) < 4.78 is 44.3. The smallest absolute Gasteiger partial charge is 0.247 e. The van der Waals surface area contributed by atoms with E-state index < -0.39 is 10.0 Å². The third kappa shape index (κ3) is 4.84. The molecule has 25 heavy (non-hydrogen) atoms. The maximum Gasteiger partial charge on any atom is 0.247 e. The van der Waals surface area contributed by atoms with Crippen LogP contribution in [0.3, 0.4) is 0 Å². The van der Waals surface area contributed by atoms with E-state index in [4.69, 9.17) is 14.2 Å². The average Bonchev–Trinajstić information content (AvgIpc) is 2.61. The van der Waals surface area contributed by atoms with Gasteiger partial charge in [0.2, 0.25) is 10.0 Å². The topological polar surface area (TPSA) is 68.3 Å². The SMILES string of the molecule is COc1ccc(OC)c(S(=O)(=O)N(CCN(C)C)C2CCOCC2)c1. The Morgan fingerprint density at radius 2 is 1.80 bits per heavy atom.